The lowest BCUT2D eigenvalue weighted by molar-refractivity contribution is -0.384. The minimum absolute atomic E-state index is 0.0235. The lowest BCUT2D eigenvalue weighted by Gasteiger charge is -2.07. The maximum Gasteiger partial charge on any atom is 0.307 e. The molecule has 0 fully saturated rings. The van der Waals surface area contributed by atoms with Crippen molar-refractivity contribution in [2.75, 3.05) is 0 Å². The highest BCUT2D eigenvalue weighted by molar-refractivity contribution is 6.13. The molecule has 0 spiro atoms. The quantitative estimate of drug-likeness (QED) is 0.186. The van der Waals surface area contributed by atoms with Gasteiger partial charge in [0.2, 0.25) is 0 Å². The van der Waals surface area contributed by atoms with Crippen molar-refractivity contribution in [2.45, 2.75) is 0 Å². The van der Waals surface area contributed by atoms with Crippen LogP contribution in [0.4, 0.5) is 5.69 Å². The molecule has 0 unspecified atom stereocenters. The summed E-state index contributed by atoms with van der Waals surface area (Å²) in [4.78, 5) is 22.9. The lowest BCUT2D eigenvalue weighted by Crippen LogP contribution is -2.16. The van der Waals surface area contributed by atoms with E-state index in [0.717, 1.165) is 27.1 Å². The van der Waals surface area contributed by atoms with E-state index in [1.54, 1.807) is 6.21 Å². The number of hydrogen-bond donors (Lipinski definition) is 1. The molecule has 0 bridgehead atoms. The average molecular weight is 409 g/mol. The van der Waals surface area contributed by atoms with E-state index in [4.69, 9.17) is 4.42 Å². The number of furan rings is 1. The minimum atomic E-state index is -0.542. The van der Waals surface area contributed by atoms with Gasteiger partial charge in [0, 0.05) is 23.1 Å². The number of benzene rings is 4. The van der Waals surface area contributed by atoms with Crippen LogP contribution in [0.25, 0.3) is 32.5 Å². The number of nitro groups is 1. The highest BCUT2D eigenvalue weighted by Crippen LogP contribution is 2.27. The van der Waals surface area contributed by atoms with E-state index in [1.165, 1.54) is 24.3 Å². The Labute approximate surface area is 175 Å². The Balaban J connectivity index is 1.46. The Hall–Kier alpha value is -4.52. The molecule has 5 rings (SSSR count). The van der Waals surface area contributed by atoms with Crippen molar-refractivity contribution in [3.05, 3.63) is 100 Å². The van der Waals surface area contributed by atoms with E-state index in [9.17, 15) is 14.9 Å². The standard InChI is InChI=1S/C24H15N3O4/c28-24(23-13-17-12-18(27(29)30)9-10-22(17)31-23)26-25-14-21-19-7-3-1-5-15(19)11-16-6-2-4-8-20(16)21/h1-14H,(H,26,28)/b25-14-. The number of amides is 1. The van der Waals surface area contributed by atoms with Gasteiger partial charge in [0.05, 0.1) is 11.1 Å². The molecule has 0 saturated heterocycles. The molecular weight excluding hydrogens is 394 g/mol. The number of nitro benzene ring substituents is 1. The van der Waals surface area contributed by atoms with E-state index in [0.29, 0.717) is 11.0 Å². The summed E-state index contributed by atoms with van der Waals surface area (Å²) in [6.45, 7) is 0. The molecule has 1 N–H and O–H groups in total. The van der Waals surface area contributed by atoms with Gasteiger partial charge in [0.25, 0.3) is 5.69 Å². The van der Waals surface area contributed by atoms with Crippen LogP contribution in [0.15, 0.2) is 88.4 Å². The van der Waals surface area contributed by atoms with Crippen molar-refractivity contribution in [2.24, 2.45) is 5.10 Å². The van der Waals surface area contributed by atoms with Gasteiger partial charge in [-0.1, -0.05) is 48.5 Å². The van der Waals surface area contributed by atoms with Crippen molar-refractivity contribution >= 4 is 50.3 Å². The monoisotopic (exact) mass is 409 g/mol. The minimum Gasteiger partial charge on any atom is -0.451 e. The highest BCUT2D eigenvalue weighted by atomic mass is 16.6. The molecule has 1 amide bonds. The van der Waals surface area contributed by atoms with Crippen LogP contribution in [0.5, 0.6) is 0 Å². The first-order valence-electron chi connectivity index (χ1n) is 9.52. The van der Waals surface area contributed by atoms with Crippen LogP contribution in [-0.4, -0.2) is 17.0 Å². The largest absolute Gasteiger partial charge is 0.451 e. The van der Waals surface area contributed by atoms with Gasteiger partial charge < -0.3 is 4.42 Å². The molecule has 0 aliphatic carbocycles. The summed E-state index contributed by atoms with van der Waals surface area (Å²) in [6, 6.07) is 23.7. The number of nitrogens with zero attached hydrogens (tertiary/aromatic N) is 2. The third-order valence-corrected chi connectivity index (χ3v) is 5.11. The molecule has 150 valence electrons. The maximum atomic E-state index is 12.5. The fourth-order valence-electron chi connectivity index (χ4n) is 3.65. The predicted molar refractivity (Wildman–Crippen MR) is 119 cm³/mol. The van der Waals surface area contributed by atoms with Crippen LogP contribution in [-0.2, 0) is 0 Å². The molecule has 0 atom stereocenters. The molecule has 0 aliphatic rings. The zero-order valence-electron chi connectivity index (χ0n) is 16.1. The number of nitrogens with one attached hydrogen (secondary N) is 1. The van der Waals surface area contributed by atoms with E-state index in [-0.39, 0.29) is 11.4 Å². The SMILES string of the molecule is O=C(N/N=C\c1c2ccccc2cc2ccccc12)c1cc2cc([N+](=O)[O-])ccc2o1. The number of fused-ring (bicyclic) bond motifs is 3. The van der Waals surface area contributed by atoms with Crippen molar-refractivity contribution in [1.29, 1.82) is 0 Å². The summed E-state index contributed by atoms with van der Waals surface area (Å²) in [5.41, 5.74) is 3.70. The van der Waals surface area contributed by atoms with E-state index >= 15 is 0 Å². The summed E-state index contributed by atoms with van der Waals surface area (Å²) < 4.78 is 5.50. The van der Waals surface area contributed by atoms with Crippen LogP contribution in [0, 0.1) is 10.1 Å². The smallest absolute Gasteiger partial charge is 0.307 e. The molecule has 1 heterocycles. The Bertz CT molecular complexity index is 1460. The lowest BCUT2D eigenvalue weighted by atomic mass is 9.97. The molecule has 0 radical (unpaired) electrons. The summed E-state index contributed by atoms with van der Waals surface area (Å²) in [6.07, 6.45) is 1.62. The zero-order valence-corrected chi connectivity index (χ0v) is 16.1. The van der Waals surface area contributed by atoms with Gasteiger partial charge in [-0.3, -0.25) is 14.9 Å². The topological polar surface area (TPSA) is 97.7 Å². The van der Waals surface area contributed by atoms with Gasteiger partial charge >= 0.3 is 5.91 Å². The number of non-ortho nitro benzene ring substituents is 1. The van der Waals surface area contributed by atoms with Gasteiger partial charge in [-0.25, -0.2) is 5.43 Å². The molecule has 7 heteroatoms. The molecule has 4 aromatic carbocycles. The van der Waals surface area contributed by atoms with Crippen LogP contribution in [0.2, 0.25) is 0 Å². The fraction of sp³-hybridized carbons (Fsp3) is 0. The number of rotatable bonds is 4. The molecular formula is C24H15N3O4. The first-order chi connectivity index (χ1) is 15.1. The van der Waals surface area contributed by atoms with Gasteiger partial charge in [-0.2, -0.15) is 5.10 Å². The van der Waals surface area contributed by atoms with E-state index in [1.807, 2.05) is 48.5 Å². The first kappa shape index (κ1) is 18.5. The summed E-state index contributed by atoms with van der Waals surface area (Å²) >= 11 is 0. The van der Waals surface area contributed by atoms with Gasteiger partial charge in [0.15, 0.2) is 5.76 Å². The number of carbonyl (C=O) groups excluding carboxylic acids is 1. The van der Waals surface area contributed by atoms with Crippen molar-refractivity contribution < 1.29 is 14.1 Å². The molecule has 5 aromatic rings. The maximum absolute atomic E-state index is 12.5. The van der Waals surface area contributed by atoms with Crippen molar-refractivity contribution in [3.8, 4) is 0 Å². The van der Waals surface area contributed by atoms with E-state index < -0.39 is 10.8 Å². The second-order valence-corrected chi connectivity index (χ2v) is 7.02. The number of carbonyl (C=O) groups is 1. The summed E-state index contributed by atoms with van der Waals surface area (Å²) in [7, 11) is 0. The third-order valence-electron chi connectivity index (χ3n) is 5.11. The van der Waals surface area contributed by atoms with Crippen molar-refractivity contribution in [1.82, 2.24) is 5.43 Å². The predicted octanol–water partition coefficient (Wildman–Crippen LogP) is 5.41. The van der Waals surface area contributed by atoms with Gasteiger partial charge in [0.1, 0.15) is 5.58 Å². The molecule has 31 heavy (non-hydrogen) atoms. The Morgan fingerprint density at radius 2 is 1.58 bits per heavy atom. The molecule has 7 nitrogen and oxygen atoms in total. The second-order valence-electron chi connectivity index (χ2n) is 7.02. The Kier molecular flexibility index (Phi) is 4.41. The fourth-order valence-corrected chi connectivity index (χ4v) is 3.65. The molecule has 0 aliphatic heterocycles. The molecule has 0 saturated carbocycles. The Morgan fingerprint density at radius 1 is 0.903 bits per heavy atom. The first-order valence-corrected chi connectivity index (χ1v) is 9.52. The van der Waals surface area contributed by atoms with Crippen LogP contribution in [0.3, 0.4) is 0 Å². The van der Waals surface area contributed by atoms with Crippen LogP contribution >= 0.6 is 0 Å². The highest BCUT2D eigenvalue weighted by Gasteiger charge is 2.14. The Morgan fingerprint density at radius 3 is 2.26 bits per heavy atom. The van der Waals surface area contributed by atoms with Gasteiger partial charge in [-0.15, -0.1) is 0 Å². The van der Waals surface area contributed by atoms with Crippen molar-refractivity contribution in [3.63, 3.8) is 0 Å². The summed E-state index contributed by atoms with van der Waals surface area (Å²) in [5, 5.41) is 19.7. The normalized spacial score (nSPS) is 11.5. The number of hydrogen-bond acceptors (Lipinski definition) is 5. The number of hydrazone groups is 1. The third kappa shape index (κ3) is 3.38. The van der Waals surface area contributed by atoms with Gasteiger partial charge in [-0.05, 0) is 39.7 Å². The zero-order chi connectivity index (χ0) is 21.4. The second kappa shape index (κ2) is 7.38. The summed E-state index contributed by atoms with van der Waals surface area (Å²) in [5.74, 6) is -0.518. The average Bonchev–Trinajstić information content (AvgIpc) is 3.22. The van der Waals surface area contributed by atoms with Crippen LogP contribution < -0.4 is 5.43 Å². The van der Waals surface area contributed by atoms with Crippen LogP contribution in [0.1, 0.15) is 16.1 Å². The molecule has 1 aromatic heterocycles. The van der Waals surface area contributed by atoms with E-state index in [2.05, 4.69) is 16.6 Å².